The first kappa shape index (κ1) is 37.0. The predicted octanol–water partition coefficient (Wildman–Crippen LogP) is 8.23. The zero-order valence-corrected chi connectivity index (χ0v) is 28.9. The van der Waals surface area contributed by atoms with Gasteiger partial charge in [0.2, 0.25) is 5.91 Å². The van der Waals surface area contributed by atoms with Crippen molar-refractivity contribution < 1.29 is 36.7 Å². The van der Waals surface area contributed by atoms with Crippen LogP contribution in [0.25, 0.3) is 5.69 Å². The third-order valence-electron chi connectivity index (χ3n) is 8.32. The highest BCUT2D eigenvalue weighted by molar-refractivity contribution is 6.03. The van der Waals surface area contributed by atoms with Gasteiger partial charge in [0.1, 0.15) is 17.1 Å². The van der Waals surface area contributed by atoms with Crippen LogP contribution in [0.3, 0.4) is 0 Å². The molecular formula is C37H40F4N6O4. The Bertz CT molecular complexity index is 1900. The minimum atomic E-state index is -4.92. The van der Waals surface area contributed by atoms with Gasteiger partial charge in [-0.2, -0.15) is 18.3 Å². The normalized spacial score (nSPS) is 14.5. The molecule has 1 atom stereocenters. The van der Waals surface area contributed by atoms with Crippen LogP contribution in [0, 0.1) is 17.7 Å². The molecule has 14 heteroatoms. The Morgan fingerprint density at radius 3 is 2.33 bits per heavy atom. The third kappa shape index (κ3) is 9.10. The van der Waals surface area contributed by atoms with E-state index in [2.05, 4.69) is 26.0 Å². The van der Waals surface area contributed by atoms with Crippen LogP contribution in [0.15, 0.2) is 73.1 Å². The molecule has 5 rings (SSSR count). The van der Waals surface area contributed by atoms with Gasteiger partial charge in [-0.1, -0.05) is 44.9 Å². The van der Waals surface area contributed by atoms with Crippen LogP contribution in [0.4, 0.5) is 33.7 Å². The maximum absolute atomic E-state index is 15.5. The zero-order valence-electron chi connectivity index (χ0n) is 28.9. The fourth-order valence-corrected chi connectivity index (χ4v) is 5.55. The summed E-state index contributed by atoms with van der Waals surface area (Å²) in [6.07, 6.45) is 0.823. The minimum Gasteiger partial charge on any atom is -0.444 e. The second-order valence-corrected chi connectivity index (χ2v) is 13.9. The summed E-state index contributed by atoms with van der Waals surface area (Å²) in [6, 6.07) is 13.8. The maximum Gasteiger partial charge on any atom is 0.435 e. The molecule has 2 aromatic heterocycles. The maximum atomic E-state index is 15.5. The van der Waals surface area contributed by atoms with Crippen LogP contribution in [0.1, 0.15) is 87.6 Å². The fraction of sp³-hybridized carbons (Fsp3) is 0.378. The van der Waals surface area contributed by atoms with Gasteiger partial charge in [-0.25, -0.2) is 13.9 Å². The van der Waals surface area contributed by atoms with Gasteiger partial charge in [0.05, 0.1) is 16.9 Å². The summed E-state index contributed by atoms with van der Waals surface area (Å²) >= 11 is 0. The van der Waals surface area contributed by atoms with E-state index in [9.17, 15) is 27.6 Å². The first-order valence-corrected chi connectivity index (χ1v) is 16.6. The Balaban J connectivity index is 1.53. The van der Waals surface area contributed by atoms with Crippen molar-refractivity contribution >= 4 is 29.3 Å². The van der Waals surface area contributed by atoms with Gasteiger partial charge < -0.3 is 15.4 Å². The fourth-order valence-electron chi connectivity index (χ4n) is 5.55. The lowest BCUT2D eigenvalue weighted by Crippen LogP contribution is -2.48. The standard InChI is InChI=1S/C37H40F4N6O4/c1-22(2)32(48)45-36(16-15-23-11-12-23,25-8-7-17-42-21-25)24-13-14-28(38)29(18-24)44-33(49)30-20-31(37(39,40)41)46-47(30)27-10-6-9-26(19-27)43-34(50)51-35(3,4)5/h6-10,13-14,17-23H,11-12,15-16H2,1-5H3,(H,43,50)(H,44,49)(H,45,48). The molecule has 1 aliphatic carbocycles. The monoisotopic (exact) mass is 708 g/mol. The molecular weight excluding hydrogens is 668 g/mol. The van der Waals surface area contributed by atoms with Gasteiger partial charge in [-0.05, 0) is 81.5 Å². The summed E-state index contributed by atoms with van der Waals surface area (Å²) in [5.41, 5.74) is -2.93. The van der Waals surface area contributed by atoms with E-state index in [1.165, 1.54) is 36.4 Å². The van der Waals surface area contributed by atoms with E-state index >= 15 is 4.39 Å². The Kier molecular flexibility index (Phi) is 10.5. The Hall–Kier alpha value is -5.27. The molecule has 1 saturated carbocycles. The van der Waals surface area contributed by atoms with Crippen LogP contribution in [-0.2, 0) is 21.2 Å². The zero-order chi connectivity index (χ0) is 37.1. The lowest BCUT2D eigenvalue weighted by molar-refractivity contribution is -0.141. The summed E-state index contributed by atoms with van der Waals surface area (Å²) < 4.78 is 63.3. The minimum absolute atomic E-state index is 0.00509. The summed E-state index contributed by atoms with van der Waals surface area (Å²) in [4.78, 5) is 43.7. The molecule has 270 valence electrons. The van der Waals surface area contributed by atoms with E-state index in [-0.39, 0.29) is 28.9 Å². The predicted molar refractivity (Wildman–Crippen MR) is 183 cm³/mol. The van der Waals surface area contributed by atoms with Crippen molar-refractivity contribution in [2.45, 2.75) is 77.6 Å². The van der Waals surface area contributed by atoms with Gasteiger partial charge in [-0.3, -0.25) is 19.9 Å². The molecule has 1 aliphatic rings. The van der Waals surface area contributed by atoms with Crippen molar-refractivity contribution in [1.29, 1.82) is 0 Å². The second kappa shape index (κ2) is 14.5. The van der Waals surface area contributed by atoms with E-state index in [1.54, 1.807) is 53.1 Å². The number of alkyl halides is 3. The average Bonchev–Trinajstić information content (AvgIpc) is 3.77. The largest absolute Gasteiger partial charge is 0.444 e. The van der Waals surface area contributed by atoms with E-state index in [1.807, 2.05) is 6.07 Å². The molecule has 3 N–H and O–H groups in total. The molecule has 10 nitrogen and oxygen atoms in total. The number of halogens is 4. The number of amides is 3. The molecule has 1 unspecified atom stereocenters. The van der Waals surface area contributed by atoms with Crippen molar-refractivity contribution in [2.75, 3.05) is 10.6 Å². The number of anilines is 2. The lowest BCUT2D eigenvalue weighted by atomic mass is 9.78. The molecule has 0 aliphatic heterocycles. The molecule has 51 heavy (non-hydrogen) atoms. The molecule has 0 saturated heterocycles. The summed E-state index contributed by atoms with van der Waals surface area (Å²) in [6.45, 7) is 8.51. The molecule has 2 heterocycles. The SMILES string of the molecule is CC(C)C(=O)NC(CCC1CC1)(c1cccnc1)c1ccc(F)c(NC(=O)c2cc(C(F)(F)F)nn2-c2cccc(NC(=O)OC(C)(C)C)c2)c1. The van der Waals surface area contributed by atoms with Crippen molar-refractivity contribution in [1.82, 2.24) is 20.1 Å². The third-order valence-corrected chi connectivity index (χ3v) is 8.32. The molecule has 3 amide bonds. The van der Waals surface area contributed by atoms with Crippen LogP contribution >= 0.6 is 0 Å². The number of carbonyl (C=O) groups is 3. The topological polar surface area (TPSA) is 127 Å². The van der Waals surface area contributed by atoms with Crippen molar-refractivity contribution in [3.8, 4) is 5.69 Å². The summed E-state index contributed by atoms with van der Waals surface area (Å²) in [7, 11) is 0. The van der Waals surface area contributed by atoms with Crippen LogP contribution in [0.2, 0.25) is 0 Å². The summed E-state index contributed by atoms with van der Waals surface area (Å²) in [5.74, 6) is -2.11. The van der Waals surface area contributed by atoms with Crippen molar-refractivity contribution in [3.63, 3.8) is 0 Å². The van der Waals surface area contributed by atoms with Crippen LogP contribution in [-0.4, -0.2) is 38.3 Å². The molecule has 0 spiro atoms. The Labute approximate surface area is 293 Å². The molecule has 0 bridgehead atoms. The van der Waals surface area contributed by atoms with E-state index in [0.29, 0.717) is 29.5 Å². The van der Waals surface area contributed by atoms with E-state index in [4.69, 9.17) is 4.74 Å². The average molecular weight is 709 g/mol. The van der Waals surface area contributed by atoms with Crippen LogP contribution < -0.4 is 16.0 Å². The van der Waals surface area contributed by atoms with Gasteiger partial charge in [-0.15, -0.1) is 0 Å². The van der Waals surface area contributed by atoms with Crippen LogP contribution in [0.5, 0.6) is 0 Å². The number of hydrogen-bond acceptors (Lipinski definition) is 6. The van der Waals surface area contributed by atoms with Gasteiger partial charge in [0.15, 0.2) is 5.69 Å². The number of hydrogen-bond donors (Lipinski definition) is 3. The number of nitrogens with one attached hydrogen (secondary N) is 3. The highest BCUT2D eigenvalue weighted by atomic mass is 19.4. The van der Waals surface area contributed by atoms with Gasteiger partial charge in [0, 0.05) is 35.6 Å². The Morgan fingerprint density at radius 1 is 0.961 bits per heavy atom. The Morgan fingerprint density at radius 2 is 1.71 bits per heavy atom. The molecule has 1 fully saturated rings. The number of ether oxygens (including phenoxy) is 1. The first-order chi connectivity index (χ1) is 23.9. The number of pyridine rings is 1. The van der Waals surface area contributed by atoms with E-state index in [0.717, 1.165) is 30.0 Å². The number of nitrogens with zero attached hydrogens (tertiary/aromatic N) is 3. The highest BCUT2D eigenvalue weighted by Crippen LogP contribution is 2.42. The molecule has 4 aromatic rings. The number of rotatable bonds is 11. The number of aromatic nitrogens is 3. The van der Waals surface area contributed by atoms with Crippen molar-refractivity contribution in [2.24, 2.45) is 11.8 Å². The number of carbonyl (C=O) groups excluding carboxylic acids is 3. The molecule has 0 radical (unpaired) electrons. The van der Waals surface area contributed by atoms with E-state index < -0.39 is 46.5 Å². The first-order valence-electron chi connectivity index (χ1n) is 16.6. The quantitative estimate of drug-likeness (QED) is 0.135. The lowest BCUT2D eigenvalue weighted by Gasteiger charge is -2.37. The second-order valence-electron chi connectivity index (χ2n) is 13.9. The highest BCUT2D eigenvalue weighted by Gasteiger charge is 2.40. The molecule has 2 aromatic carbocycles. The van der Waals surface area contributed by atoms with Gasteiger partial charge in [0.25, 0.3) is 5.91 Å². The number of benzene rings is 2. The van der Waals surface area contributed by atoms with Gasteiger partial charge >= 0.3 is 12.3 Å². The smallest absolute Gasteiger partial charge is 0.435 e. The van der Waals surface area contributed by atoms with Crippen molar-refractivity contribution in [3.05, 3.63) is 101 Å². The summed E-state index contributed by atoms with van der Waals surface area (Å²) in [5, 5.41) is 11.8.